The van der Waals surface area contributed by atoms with E-state index in [4.69, 9.17) is 25.5 Å². The van der Waals surface area contributed by atoms with Crippen LogP contribution in [0.1, 0.15) is 0 Å². The third kappa shape index (κ3) is 3.25. The van der Waals surface area contributed by atoms with Gasteiger partial charge in [0.25, 0.3) is 0 Å². The molecule has 0 aromatic rings. The van der Waals surface area contributed by atoms with E-state index in [1.165, 1.54) is 0 Å². The normalized spacial score (nSPS) is 20.4. The topological polar surface area (TPSA) is 141 Å². The summed E-state index contributed by atoms with van der Waals surface area (Å²) >= 11 is 0. The van der Waals surface area contributed by atoms with Crippen molar-refractivity contribution < 1.29 is 35.4 Å². The summed E-state index contributed by atoms with van der Waals surface area (Å²) in [4.78, 5) is 9.98. The molecule has 7 nitrogen and oxygen atoms in total. The smallest absolute Gasteiger partial charge is 0.122 e. The lowest BCUT2D eigenvalue weighted by Gasteiger charge is -2.25. The number of rotatable bonds is 5. The molecule has 0 heterocycles. The third-order valence-corrected chi connectivity index (χ3v) is 1.50. The zero-order valence-corrected chi connectivity index (χ0v) is 6.57. The number of aliphatic hydroxyl groups is 5. The first-order valence-electron chi connectivity index (χ1n) is 3.45. The molecule has 0 aliphatic rings. The van der Waals surface area contributed by atoms with E-state index in [2.05, 4.69) is 0 Å². The highest BCUT2D eigenvalue weighted by Crippen LogP contribution is 2.04. The van der Waals surface area contributed by atoms with Crippen LogP contribution in [0.25, 0.3) is 0 Å². The molecule has 7 heteroatoms. The van der Waals surface area contributed by atoms with Gasteiger partial charge in [0.2, 0.25) is 0 Å². The minimum Gasteiger partial charge on any atom is -0.547 e. The molecule has 0 bridgehead atoms. The molecule has 0 saturated carbocycles. The molecule has 0 fully saturated rings. The standard InChI is InChI=1S/C6H12O7/c7-1-2(8)3(9)4(10)5(11)6(12)13/h2-5,7-11H,1H2,(H,12,13)/p-1/t2-,3+,4-,5+/m0/s1. The quantitative estimate of drug-likeness (QED) is 0.296. The number of carboxylic acids is 1. The molecular formula is C6H11O7-. The Kier molecular flexibility index (Phi) is 4.81. The van der Waals surface area contributed by atoms with E-state index in [9.17, 15) is 9.90 Å². The van der Waals surface area contributed by atoms with E-state index in [0.29, 0.717) is 0 Å². The Hall–Kier alpha value is -0.730. The Morgan fingerprint density at radius 3 is 1.92 bits per heavy atom. The lowest BCUT2D eigenvalue weighted by Crippen LogP contribution is -2.52. The number of hydrogen-bond acceptors (Lipinski definition) is 7. The molecule has 0 amide bonds. The number of carbonyl (C=O) groups excluding carboxylic acids is 1. The van der Waals surface area contributed by atoms with Crippen molar-refractivity contribution in [1.82, 2.24) is 0 Å². The maximum absolute atomic E-state index is 9.98. The van der Waals surface area contributed by atoms with E-state index in [1.807, 2.05) is 0 Å². The van der Waals surface area contributed by atoms with Gasteiger partial charge in [0.05, 0.1) is 12.6 Å². The van der Waals surface area contributed by atoms with Crippen LogP contribution in [0, 0.1) is 0 Å². The van der Waals surface area contributed by atoms with Gasteiger partial charge < -0.3 is 35.4 Å². The van der Waals surface area contributed by atoms with Crippen LogP contribution < -0.4 is 5.11 Å². The van der Waals surface area contributed by atoms with Crippen LogP contribution >= 0.6 is 0 Å². The first-order valence-corrected chi connectivity index (χ1v) is 3.45. The van der Waals surface area contributed by atoms with Crippen molar-refractivity contribution in [1.29, 1.82) is 0 Å². The predicted octanol–water partition coefficient (Wildman–Crippen LogP) is -4.83. The van der Waals surface area contributed by atoms with Gasteiger partial charge in [-0.15, -0.1) is 0 Å². The summed E-state index contributed by atoms with van der Waals surface area (Å²) in [5, 5.41) is 53.4. The van der Waals surface area contributed by atoms with Crippen molar-refractivity contribution in [3.63, 3.8) is 0 Å². The first kappa shape index (κ1) is 12.3. The third-order valence-electron chi connectivity index (χ3n) is 1.50. The molecule has 0 unspecified atom stereocenters. The Bertz CT molecular complexity index is 170. The van der Waals surface area contributed by atoms with Crippen molar-refractivity contribution >= 4 is 5.97 Å². The fourth-order valence-electron chi connectivity index (χ4n) is 0.662. The van der Waals surface area contributed by atoms with Crippen LogP contribution in [0.5, 0.6) is 0 Å². The zero-order chi connectivity index (χ0) is 10.6. The molecule has 0 saturated heterocycles. The van der Waals surface area contributed by atoms with E-state index in [-0.39, 0.29) is 0 Å². The second-order valence-corrected chi connectivity index (χ2v) is 2.49. The molecule has 5 N–H and O–H groups in total. The maximum atomic E-state index is 9.98. The molecule has 0 aliphatic heterocycles. The average Bonchev–Trinajstić information content (AvgIpc) is 2.12. The van der Waals surface area contributed by atoms with E-state index < -0.39 is 37.0 Å². The van der Waals surface area contributed by atoms with Gasteiger partial charge in [-0.3, -0.25) is 0 Å². The minimum atomic E-state index is -2.31. The summed E-state index contributed by atoms with van der Waals surface area (Å²) in [5.74, 6) is -1.98. The number of aliphatic hydroxyl groups excluding tert-OH is 5. The number of hydrogen-bond donors (Lipinski definition) is 5. The van der Waals surface area contributed by atoms with Gasteiger partial charge >= 0.3 is 0 Å². The zero-order valence-electron chi connectivity index (χ0n) is 6.57. The van der Waals surface area contributed by atoms with Crippen molar-refractivity contribution in [2.24, 2.45) is 0 Å². The molecule has 13 heavy (non-hydrogen) atoms. The second-order valence-electron chi connectivity index (χ2n) is 2.49. The second kappa shape index (κ2) is 5.10. The van der Waals surface area contributed by atoms with Crippen LogP contribution in [-0.2, 0) is 4.79 Å². The van der Waals surface area contributed by atoms with Crippen LogP contribution in [0.4, 0.5) is 0 Å². The van der Waals surface area contributed by atoms with E-state index in [1.54, 1.807) is 0 Å². The fraction of sp³-hybridized carbons (Fsp3) is 0.833. The summed E-state index contributed by atoms with van der Waals surface area (Å²) in [6, 6.07) is 0. The summed E-state index contributed by atoms with van der Waals surface area (Å²) in [6.07, 6.45) is -8.08. The lowest BCUT2D eigenvalue weighted by molar-refractivity contribution is -0.320. The molecule has 4 atom stereocenters. The lowest BCUT2D eigenvalue weighted by atomic mass is 10.0. The molecule has 0 aromatic carbocycles. The maximum Gasteiger partial charge on any atom is 0.122 e. The Morgan fingerprint density at radius 1 is 1.15 bits per heavy atom. The van der Waals surface area contributed by atoms with Gasteiger partial charge in [0.1, 0.15) is 24.4 Å². The highest BCUT2D eigenvalue weighted by atomic mass is 16.4. The van der Waals surface area contributed by atoms with Crippen LogP contribution in [0.15, 0.2) is 0 Å². The van der Waals surface area contributed by atoms with Crippen molar-refractivity contribution in [2.75, 3.05) is 6.61 Å². The van der Waals surface area contributed by atoms with Crippen molar-refractivity contribution in [2.45, 2.75) is 24.4 Å². The van der Waals surface area contributed by atoms with Crippen LogP contribution in [0.3, 0.4) is 0 Å². The summed E-state index contributed by atoms with van der Waals surface area (Å²) in [6.45, 7) is -0.863. The highest BCUT2D eigenvalue weighted by Gasteiger charge is 2.30. The highest BCUT2D eigenvalue weighted by molar-refractivity contribution is 5.70. The van der Waals surface area contributed by atoms with Gasteiger partial charge in [-0.05, 0) is 0 Å². The monoisotopic (exact) mass is 195 g/mol. The molecule has 0 aromatic heterocycles. The summed E-state index contributed by atoms with van der Waals surface area (Å²) in [5.41, 5.74) is 0. The Morgan fingerprint density at radius 2 is 1.62 bits per heavy atom. The minimum absolute atomic E-state index is 0.863. The summed E-state index contributed by atoms with van der Waals surface area (Å²) < 4.78 is 0. The Balaban J connectivity index is 4.24. The summed E-state index contributed by atoms with van der Waals surface area (Å²) in [7, 11) is 0. The molecule has 78 valence electrons. The molecular weight excluding hydrogens is 184 g/mol. The van der Waals surface area contributed by atoms with Crippen molar-refractivity contribution in [3.8, 4) is 0 Å². The first-order chi connectivity index (χ1) is 5.91. The largest absolute Gasteiger partial charge is 0.547 e. The molecule has 0 radical (unpaired) electrons. The van der Waals surface area contributed by atoms with Crippen LogP contribution in [0.2, 0.25) is 0 Å². The van der Waals surface area contributed by atoms with E-state index >= 15 is 0 Å². The van der Waals surface area contributed by atoms with Crippen LogP contribution in [-0.4, -0.2) is 62.5 Å². The van der Waals surface area contributed by atoms with Gasteiger partial charge in [-0.1, -0.05) is 0 Å². The van der Waals surface area contributed by atoms with Gasteiger partial charge in [-0.2, -0.15) is 0 Å². The Labute approximate surface area is 73.5 Å². The van der Waals surface area contributed by atoms with Gasteiger partial charge in [-0.25, -0.2) is 0 Å². The number of carboxylic acid groups (broad SMARTS) is 1. The fourth-order valence-corrected chi connectivity index (χ4v) is 0.662. The number of aliphatic carboxylic acids is 1. The van der Waals surface area contributed by atoms with Crippen molar-refractivity contribution in [3.05, 3.63) is 0 Å². The molecule has 0 rings (SSSR count). The van der Waals surface area contributed by atoms with E-state index in [0.717, 1.165) is 0 Å². The predicted molar refractivity (Wildman–Crippen MR) is 36.1 cm³/mol. The van der Waals surface area contributed by atoms with Gasteiger partial charge in [0.15, 0.2) is 0 Å². The SMILES string of the molecule is O=C([O-])[C@H](O)[C@@H](O)[C@H](O)[C@@H](O)CO. The average molecular weight is 195 g/mol. The number of carbonyl (C=O) groups is 1. The van der Waals surface area contributed by atoms with Gasteiger partial charge in [0, 0.05) is 0 Å². The molecule has 0 aliphatic carbocycles. The molecule has 0 spiro atoms.